The lowest BCUT2D eigenvalue weighted by Crippen LogP contribution is -2.18. The first-order valence-corrected chi connectivity index (χ1v) is 10.9. The Bertz CT molecular complexity index is 1110. The van der Waals surface area contributed by atoms with Gasteiger partial charge in [-0.2, -0.15) is 5.10 Å². The molecule has 3 aromatic rings. The van der Waals surface area contributed by atoms with Gasteiger partial charge in [0.25, 0.3) is 11.8 Å². The number of nitrogens with two attached hydrogens (primary N) is 2. The molecule has 2 amide bonds. The summed E-state index contributed by atoms with van der Waals surface area (Å²) in [4.78, 5) is 33.4. The van der Waals surface area contributed by atoms with Gasteiger partial charge in [0, 0.05) is 32.8 Å². The summed E-state index contributed by atoms with van der Waals surface area (Å²) in [6, 6.07) is 5.57. The van der Waals surface area contributed by atoms with E-state index in [1.54, 1.807) is 17.1 Å². The molecule has 0 saturated carbocycles. The molecule has 0 radical (unpaired) electrons. The molecule has 10 heteroatoms. The molecule has 0 bridgehead atoms. The van der Waals surface area contributed by atoms with Crippen molar-refractivity contribution in [3.8, 4) is 17.0 Å². The average molecular weight is 534 g/mol. The van der Waals surface area contributed by atoms with Gasteiger partial charge in [-0.15, -0.1) is 0 Å². The quantitative estimate of drug-likeness (QED) is 0.405. The first-order valence-electron chi connectivity index (χ1n) is 9.79. The van der Waals surface area contributed by atoms with Crippen molar-refractivity contribution >= 4 is 34.4 Å². The van der Waals surface area contributed by atoms with Gasteiger partial charge in [0.1, 0.15) is 5.56 Å². The van der Waals surface area contributed by atoms with Crippen molar-refractivity contribution in [1.29, 1.82) is 0 Å². The molecule has 162 valence electrons. The van der Waals surface area contributed by atoms with Crippen LogP contribution in [0.25, 0.3) is 11.1 Å². The lowest BCUT2D eigenvalue weighted by Gasteiger charge is -2.15. The molecule has 0 aromatic carbocycles. The topological polar surface area (TPSA) is 139 Å². The molecule has 0 atom stereocenters. The zero-order chi connectivity index (χ0) is 22.5. The van der Waals surface area contributed by atoms with Crippen LogP contribution in [-0.4, -0.2) is 38.2 Å². The van der Waals surface area contributed by atoms with Gasteiger partial charge in [0.15, 0.2) is 5.69 Å². The van der Waals surface area contributed by atoms with Gasteiger partial charge in [-0.05, 0) is 47.6 Å². The fraction of sp³-hybridized carbons (Fsp3) is 0.286. The maximum Gasteiger partial charge on any atom is 0.269 e. The van der Waals surface area contributed by atoms with Crippen LogP contribution in [0, 0.1) is 3.57 Å². The van der Waals surface area contributed by atoms with E-state index in [-0.39, 0.29) is 17.1 Å². The summed E-state index contributed by atoms with van der Waals surface area (Å²) in [7, 11) is 0. The predicted molar refractivity (Wildman–Crippen MR) is 124 cm³/mol. The molecule has 0 fully saturated rings. The largest absolute Gasteiger partial charge is 0.477 e. The zero-order valence-corrected chi connectivity index (χ0v) is 19.4. The van der Waals surface area contributed by atoms with E-state index in [4.69, 9.17) is 16.2 Å². The Hall–Kier alpha value is -3.02. The summed E-state index contributed by atoms with van der Waals surface area (Å²) in [5.41, 5.74) is 14.0. The third-order valence-electron chi connectivity index (χ3n) is 4.60. The summed E-state index contributed by atoms with van der Waals surface area (Å²) in [6.45, 7) is 4.60. The maximum atomic E-state index is 12.5. The molecular formula is C21H23IN6O3. The van der Waals surface area contributed by atoms with Crippen molar-refractivity contribution in [2.45, 2.75) is 33.2 Å². The number of pyridine rings is 2. The minimum atomic E-state index is -0.706. The van der Waals surface area contributed by atoms with Crippen molar-refractivity contribution in [3.63, 3.8) is 0 Å². The van der Waals surface area contributed by atoms with Crippen molar-refractivity contribution in [3.05, 3.63) is 56.8 Å². The lowest BCUT2D eigenvalue weighted by molar-refractivity contribution is 0.0985. The van der Waals surface area contributed by atoms with E-state index in [2.05, 4.69) is 37.7 Å². The molecule has 3 aromatic heterocycles. The molecular weight excluding hydrogens is 511 g/mol. The third-order valence-corrected chi connectivity index (χ3v) is 5.42. The van der Waals surface area contributed by atoms with Crippen LogP contribution in [0.1, 0.15) is 52.5 Å². The number of primary amides is 2. The smallest absolute Gasteiger partial charge is 0.269 e. The number of rotatable bonds is 9. The molecule has 0 aliphatic carbocycles. The van der Waals surface area contributed by atoms with E-state index >= 15 is 0 Å². The van der Waals surface area contributed by atoms with E-state index in [0.29, 0.717) is 34.3 Å². The first kappa shape index (κ1) is 22.7. The van der Waals surface area contributed by atoms with Crippen LogP contribution in [0.4, 0.5) is 0 Å². The monoisotopic (exact) mass is 534 g/mol. The van der Waals surface area contributed by atoms with Crippen LogP contribution < -0.4 is 16.2 Å². The molecule has 3 heterocycles. The number of hydrogen-bond donors (Lipinski definition) is 2. The van der Waals surface area contributed by atoms with E-state index in [9.17, 15) is 9.59 Å². The highest BCUT2D eigenvalue weighted by molar-refractivity contribution is 14.1. The van der Waals surface area contributed by atoms with Crippen LogP contribution in [0.2, 0.25) is 0 Å². The number of amides is 2. The van der Waals surface area contributed by atoms with Crippen LogP contribution in [0.5, 0.6) is 5.88 Å². The average Bonchev–Trinajstić information content (AvgIpc) is 3.11. The molecule has 0 spiro atoms. The van der Waals surface area contributed by atoms with Crippen molar-refractivity contribution in [2.24, 2.45) is 11.5 Å². The van der Waals surface area contributed by atoms with E-state index in [0.717, 1.165) is 17.8 Å². The Labute approximate surface area is 193 Å². The molecule has 0 aliphatic heterocycles. The Morgan fingerprint density at radius 1 is 1.13 bits per heavy atom. The highest BCUT2D eigenvalue weighted by Crippen LogP contribution is 2.37. The summed E-state index contributed by atoms with van der Waals surface area (Å²) >= 11 is 2.06. The fourth-order valence-electron chi connectivity index (χ4n) is 3.32. The standard InChI is InChI=1S/C21H23IN6O3/c1-3-9-31-21-17(19(23)29)15(13(22)10-26-21)16-14(4-2)28(27-18(16)20(24)30)11-12-7-5-6-8-25-12/h5-8,10H,3-4,9,11H2,1-2H3,(H2,23,29)(H2,24,30). The van der Waals surface area contributed by atoms with Crippen LogP contribution in [0.3, 0.4) is 0 Å². The number of carbonyl (C=O) groups excluding carboxylic acids is 2. The number of carbonyl (C=O) groups is 2. The summed E-state index contributed by atoms with van der Waals surface area (Å²) in [6.07, 6.45) is 4.53. The van der Waals surface area contributed by atoms with E-state index < -0.39 is 11.8 Å². The molecule has 4 N–H and O–H groups in total. The number of nitrogens with zero attached hydrogens (tertiary/aromatic N) is 4. The SMILES string of the molecule is CCCOc1ncc(I)c(-c2c(C(N)=O)nn(Cc3ccccn3)c2CC)c1C(N)=O. The Kier molecular flexibility index (Phi) is 7.21. The summed E-state index contributed by atoms with van der Waals surface area (Å²) in [5, 5.41) is 4.47. The molecule has 9 nitrogen and oxygen atoms in total. The molecule has 3 rings (SSSR count). The minimum absolute atomic E-state index is 0.0563. The van der Waals surface area contributed by atoms with E-state index in [1.807, 2.05) is 32.0 Å². The zero-order valence-electron chi connectivity index (χ0n) is 17.3. The van der Waals surface area contributed by atoms with Crippen molar-refractivity contribution in [2.75, 3.05) is 6.61 Å². The second-order valence-electron chi connectivity index (χ2n) is 6.74. The number of halogens is 1. The van der Waals surface area contributed by atoms with Crippen LogP contribution >= 0.6 is 22.6 Å². The second-order valence-corrected chi connectivity index (χ2v) is 7.90. The Balaban J connectivity index is 2.29. The van der Waals surface area contributed by atoms with Gasteiger partial charge in [0.2, 0.25) is 5.88 Å². The number of aromatic nitrogens is 4. The molecule has 0 unspecified atom stereocenters. The maximum absolute atomic E-state index is 12.5. The highest BCUT2D eigenvalue weighted by Gasteiger charge is 2.29. The highest BCUT2D eigenvalue weighted by atomic mass is 127. The molecule has 0 saturated heterocycles. The fourth-order valence-corrected chi connectivity index (χ4v) is 4.00. The van der Waals surface area contributed by atoms with Crippen molar-refractivity contribution in [1.82, 2.24) is 19.7 Å². The number of hydrogen-bond acceptors (Lipinski definition) is 6. The van der Waals surface area contributed by atoms with Gasteiger partial charge in [-0.25, -0.2) is 4.98 Å². The van der Waals surface area contributed by atoms with Gasteiger partial charge in [-0.3, -0.25) is 19.3 Å². The summed E-state index contributed by atoms with van der Waals surface area (Å²) < 4.78 is 7.99. The van der Waals surface area contributed by atoms with Crippen LogP contribution in [0.15, 0.2) is 30.6 Å². The summed E-state index contributed by atoms with van der Waals surface area (Å²) in [5.74, 6) is -1.29. The molecule has 0 aliphatic rings. The van der Waals surface area contributed by atoms with Gasteiger partial charge in [-0.1, -0.05) is 19.9 Å². The normalized spacial score (nSPS) is 10.8. The second kappa shape index (κ2) is 9.86. The minimum Gasteiger partial charge on any atom is -0.477 e. The van der Waals surface area contributed by atoms with Crippen LogP contribution in [-0.2, 0) is 13.0 Å². The molecule has 31 heavy (non-hydrogen) atoms. The number of ether oxygens (including phenoxy) is 1. The third kappa shape index (κ3) is 4.68. The van der Waals surface area contributed by atoms with Gasteiger partial charge < -0.3 is 16.2 Å². The van der Waals surface area contributed by atoms with Crippen molar-refractivity contribution < 1.29 is 14.3 Å². The van der Waals surface area contributed by atoms with E-state index in [1.165, 1.54) is 0 Å². The van der Waals surface area contributed by atoms with Gasteiger partial charge in [0.05, 0.1) is 18.8 Å². The Morgan fingerprint density at radius 3 is 2.48 bits per heavy atom. The Morgan fingerprint density at radius 2 is 1.90 bits per heavy atom. The lowest BCUT2D eigenvalue weighted by atomic mass is 9.97. The first-order chi connectivity index (χ1) is 14.9. The predicted octanol–water partition coefficient (Wildman–Crippen LogP) is 2.54. The van der Waals surface area contributed by atoms with Gasteiger partial charge >= 0.3 is 0 Å².